The lowest BCUT2D eigenvalue weighted by molar-refractivity contribution is 0.628. The molecule has 5 N–H and O–H groups in total. The molecule has 206 valence electrons. The van der Waals surface area contributed by atoms with Crippen molar-refractivity contribution in [2.45, 2.75) is 32.6 Å². The number of nitrogens with two attached hydrogens (primary N) is 1. The molecule has 6 rings (SSSR count). The van der Waals surface area contributed by atoms with E-state index in [1.807, 2.05) is 25.1 Å². The Morgan fingerprint density at radius 2 is 1.95 bits per heavy atom. The van der Waals surface area contributed by atoms with Gasteiger partial charge in [0.15, 0.2) is 11.5 Å². The van der Waals surface area contributed by atoms with Crippen molar-refractivity contribution in [2.75, 3.05) is 11.1 Å². The van der Waals surface area contributed by atoms with Gasteiger partial charge in [0.25, 0.3) is 0 Å². The van der Waals surface area contributed by atoms with Gasteiger partial charge < -0.3 is 16.0 Å². The van der Waals surface area contributed by atoms with Crippen LogP contribution in [0, 0.1) is 18.7 Å². The van der Waals surface area contributed by atoms with E-state index in [2.05, 4.69) is 38.6 Å². The molecule has 1 saturated carbocycles. The van der Waals surface area contributed by atoms with Crippen molar-refractivity contribution < 1.29 is 4.39 Å². The van der Waals surface area contributed by atoms with Gasteiger partial charge in [-0.15, -0.1) is 0 Å². The Hall–Kier alpha value is -5.05. The number of nitrogens with one attached hydrogen (secondary N) is 3. The van der Waals surface area contributed by atoms with Crippen LogP contribution in [0.2, 0.25) is 0 Å². The molecule has 1 aromatic carbocycles. The molecule has 4 aromatic heterocycles. The van der Waals surface area contributed by atoms with Gasteiger partial charge in [-0.1, -0.05) is 38.2 Å². The second-order valence-corrected chi connectivity index (χ2v) is 10.4. The smallest absolute Gasteiger partial charge is 0.161 e. The minimum absolute atomic E-state index is 0.329. The van der Waals surface area contributed by atoms with Crippen LogP contribution in [0.4, 0.5) is 15.8 Å². The van der Waals surface area contributed by atoms with E-state index in [-0.39, 0.29) is 0 Å². The average Bonchev–Trinajstić information content (AvgIpc) is 3.71. The van der Waals surface area contributed by atoms with Crippen LogP contribution in [-0.4, -0.2) is 30.1 Å². The molecule has 0 aliphatic heterocycles. The van der Waals surface area contributed by atoms with Gasteiger partial charge in [-0.3, -0.25) is 10.1 Å². The van der Waals surface area contributed by atoms with E-state index in [1.54, 1.807) is 30.6 Å². The summed E-state index contributed by atoms with van der Waals surface area (Å²) < 4.78 is 14.2. The summed E-state index contributed by atoms with van der Waals surface area (Å²) in [4.78, 5) is 17.6. The van der Waals surface area contributed by atoms with Crippen LogP contribution in [-0.2, 0) is 0 Å². The number of hydrogen-bond acceptors (Lipinski definition) is 6. The number of imidazole rings is 1. The highest BCUT2D eigenvalue weighted by Gasteiger charge is 2.20. The van der Waals surface area contributed by atoms with Crippen LogP contribution >= 0.6 is 0 Å². The molecule has 0 radical (unpaired) electrons. The number of anilines is 2. The molecule has 8 nitrogen and oxygen atoms in total. The highest BCUT2D eigenvalue weighted by Crippen LogP contribution is 2.33. The number of aromatic amines is 2. The first kappa shape index (κ1) is 26.2. The molecule has 5 aromatic rings. The predicted molar refractivity (Wildman–Crippen MR) is 162 cm³/mol. The summed E-state index contributed by atoms with van der Waals surface area (Å²) in [5, 5.41) is 11.0. The molecule has 41 heavy (non-hydrogen) atoms. The van der Waals surface area contributed by atoms with Crippen molar-refractivity contribution in [1.82, 2.24) is 30.1 Å². The van der Waals surface area contributed by atoms with Crippen molar-refractivity contribution in [1.29, 1.82) is 0 Å². The maximum atomic E-state index is 14.2. The second-order valence-electron chi connectivity index (χ2n) is 10.4. The molecular weight excluding hydrogens is 515 g/mol. The maximum Gasteiger partial charge on any atom is 0.161 e. The van der Waals surface area contributed by atoms with Crippen molar-refractivity contribution in [2.24, 2.45) is 5.92 Å². The molecular formula is C32H31FN8. The summed E-state index contributed by atoms with van der Waals surface area (Å²) in [6.45, 7) is 9.99. The summed E-state index contributed by atoms with van der Waals surface area (Å²) in [5.74, 6) is 0.618. The van der Waals surface area contributed by atoms with Crippen molar-refractivity contribution in [3.63, 3.8) is 0 Å². The third-order valence-electron chi connectivity index (χ3n) is 7.47. The molecule has 0 atom stereocenters. The molecule has 1 aliphatic rings. The van der Waals surface area contributed by atoms with Crippen LogP contribution in [0.15, 0.2) is 79.8 Å². The fraction of sp³-hybridized carbons (Fsp3) is 0.188. The largest absolute Gasteiger partial charge is 0.399 e. The van der Waals surface area contributed by atoms with Crippen LogP contribution in [0.1, 0.15) is 42.6 Å². The van der Waals surface area contributed by atoms with Crippen LogP contribution in [0.3, 0.4) is 0 Å². The first-order chi connectivity index (χ1) is 19.9. The number of pyridine rings is 2. The van der Waals surface area contributed by atoms with Gasteiger partial charge in [0.1, 0.15) is 11.3 Å². The topological polar surface area (TPSA) is 121 Å². The quantitative estimate of drug-likeness (QED) is 0.121. The number of nitrogen functional groups attached to an aromatic ring is 1. The predicted octanol–water partition coefficient (Wildman–Crippen LogP) is 7.17. The molecule has 0 amide bonds. The van der Waals surface area contributed by atoms with E-state index < -0.39 is 5.82 Å². The van der Waals surface area contributed by atoms with E-state index in [0.717, 1.165) is 33.9 Å². The number of rotatable bonds is 8. The highest BCUT2D eigenvalue weighted by atomic mass is 19.1. The zero-order chi connectivity index (χ0) is 28.5. The van der Waals surface area contributed by atoms with Crippen molar-refractivity contribution in [3.8, 4) is 22.8 Å². The van der Waals surface area contributed by atoms with Crippen LogP contribution in [0.25, 0.3) is 39.4 Å². The monoisotopic (exact) mass is 546 g/mol. The number of hydrogen-bond donors (Lipinski definition) is 4. The second kappa shape index (κ2) is 10.8. The van der Waals surface area contributed by atoms with Crippen molar-refractivity contribution in [3.05, 3.63) is 103 Å². The number of nitrogens with zero attached hydrogens (tertiary/aromatic N) is 4. The first-order valence-corrected chi connectivity index (χ1v) is 13.6. The Bertz CT molecular complexity index is 1790. The van der Waals surface area contributed by atoms with Gasteiger partial charge in [0, 0.05) is 34.4 Å². The molecule has 0 bridgehead atoms. The number of halogens is 1. The van der Waals surface area contributed by atoms with Gasteiger partial charge >= 0.3 is 0 Å². The molecule has 4 heterocycles. The van der Waals surface area contributed by atoms with E-state index in [4.69, 9.17) is 15.7 Å². The summed E-state index contributed by atoms with van der Waals surface area (Å²) >= 11 is 0. The standard InChI is InChI=1S/C32H31FN8/c1-4-7-26(21-12-23(33)15-24(34)13-21)29-19(3)37-32(39-29)31-30-28(40-41-31)11-10-27(38-30)22-14-25(17-35-16-22)36-18(2)20-8-5-6-9-20/h4,7,10-17,20,36H,1-2,5-6,8-9,34H2,3H3,(H,37,39)(H,40,41)/b26-7-. The summed E-state index contributed by atoms with van der Waals surface area (Å²) in [6, 6.07) is 10.3. The molecule has 0 spiro atoms. The molecule has 9 heteroatoms. The molecule has 1 fully saturated rings. The fourth-order valence-corrected chi connectivity index (χ4v) is 5.47. The van der Waals surface area contributed by atoms with Gasteiger partial charge in [-0.05, 0) is 67.6 Å². The highest BCUT2D eigenvalue weighted by molar-refractivity contribution is 5.90. The third-order valence-corrected chi connectivity index (χ3v) is 7.47. The number of aryl methyl sites for hydroxylation is 1. The zero-order valence-corrected chi connectivity index (χ0v) is 22.8. The number of allylic oxidation sites excluding steroid dienone is 3. The van der Waals surface area contributed by atoms with Crippen LogP contribution < -0.4 is 11.1 Å². The van der Waals surface area contributed by atoms with Gasteiger partial charge in [-0.25, -0.2) is 14.4 Å². The molecule has 0 saturated heterocycles. The number of H-pyrrole nitrogens is 2. The summed E-state index contributed by atoms with van der Waals surface area (Å²) in [7, 11) is 0. The Balaban J connectivity index is 1.34. The third kappa shape index (κ3) is 5.26. The lowest BCUT2D eigenvalue weighted by Crippen LogP contribution is -2.07. The van der Waals surface area contributed by atoms with E-state index >= 15 is 0 Å². The lowest BCUT2D eigenvalue weighted by Gasteiger charge is -2.15. The number of benzene rings is 1. The van der Waals surface area contributed by atoms with Crippen molar-refractivity contribution >= 4 is 28.0 Å². The number of fused-ring (bicyclic) bond motifs is 1. The fourth-order valence-electron chi connectivity index (χ4n) is 5.47. The van der Waals surface area contributed by atoms with Gasteiger partial charge in [0.2, 0.25) is 0 Å². The SMILES string of the molecule is C=C/C=C(/c1cc(N)cc(F)c1)c1nc(-c2n[nH]c3ccc(-c4cncc(NC(=C)C5CCCC5)c4)nc23)[nH]c1C. The summed E-state index contributed by atoms with van der Waals surface area (Å²) in [5.41, 5.74) is 14.5. The average molecular weight is 547 g/mol. The van der Waals surface area contributed by atoms with Crippen LogP contribution in [0.5, 0.6) is 0 Å². The Morgan fingerprint density at radius 1 is 1.12 bits per heavy atom. The summed E-state index contributed by atoms with van der Waals surface area (Å²) in [6.07, 6.45) is 11.9. The number of aromatic nitrogens is 6. The minimum atomic E-state index is -0.421. The Labute approximate surface area is 237 Å². The first-order valence-electron chi connectivity index (χ1n) is 13.6. The molecule has 1 aliphatic carbocycles. The van der Waals surface area contributed by atoms with E-state index in [1.165, 1.54) is 37.8 Å². The maximum absolute atomic E-state index is 14.2. The van der Waals surface area contributed by atoms with E-state index in [0.29, 0.717) is 45.5 Å². The normalized spacial score (nSPS) is 14.0. The van der Waals surface area contributed by atoms with E-state index in [9.17, 15) is 4.39 Å². The lowest BCUT2D eigenvalue weighted by atomic mass is 10.0. The van der Waals surface area contributed by atoms with Gasteiger partial charge in [0.05, 0.1) is 28.8 Å². The molecule has 0 unspecified atom stereocenters. The Kier molecular flexibility index (Phi) is 6.93. The Morgan fingerprint density at radius 3 is 2.73 bits per heavy atom. The minimum Gasteiger partial charge on any atom is -0.399 e. The zero-order valence-electron chi connectivity index (χ0n) is 22.8. The van der Waals surface area contributed by atoms with Gasteiger partial charge in [-0.2, -0.15) is 5.10 Å².